The quantitative estimate of drug-likeness (QED) is 0.551. The Morgan fingerprint density at radius 2 is 1.67 bits per heavy atom. The Kier molecular flexibility index (Phi) is 4.58. The van der Waals surface area contributed by atoms with Crippen LogP contribution in [0.3, 0.4) is 0 Å². The molecule has 0 spiro atoms. The topological polar surface area (TPSA) is 64.4 Å². The minimum atomic E-state index is -0.607. The van der Waals surface area contributed by atoms with E-state index in [-0.39, 0.29) is 5.91 Å². The number of para-hydroxylation sites is 3. The number of carbonyl (C=O) groups excluding carboxylic acids is 1. The summed E-state index contributed by atoms with van der Waals surface area (Å²) < 4.78 is 11.4. The van der Waals surface area contributed by atoms with E-state index in [4.69, 9.17) is 9.15 Å². The number of amides is 1. The SMILES string of the molecule is C[C@@H](Oc1ccccc1)C(=O)Nc1ccc(-c2nc3ccccc3o2)cc1. The number of benzene rings is 3. The van der Waals surface area contributed by atoms with E-state index in [2.05, 4.69) is 10.3 Å². The molecule has 4 aromatic rings. The monoisotopic (exact) mass is 358 g/mol. The molecule has 1 amide bonds. The van der Waals surface area contributed by atoms with Gasteiger partial charge in [0.1, 0.15) is 11.3 Å². The van der Waals surface area contributed by atoms with E-state index in [1.807, 2.05) is 78.9 Å². The smallest absolute Gasteiger partial charge is 0.265 e. The molecular formula is C22H18N2O3. The molecule has 27 heavy (non-hydrogen) atoms. The molecule has 134 valence electrons. The van der Waals surface area contributed by atoms with Crippen LogP contribution in [0.25, 0.3) is 22.6 Å². The summed E-state index contributed by atoms with van der Waals surface area (Å²) in [6.45, 7) is 1.72. The van der Waals surface area contributed by atoms with Crippen molar-refractivity contribution < 1.29 is 13.9 Å². The van der Waals surface area contributed by atoms with E-state index >= 15 is 0 Å². The lowest BCUT2D eigenvalue weighted by Gasteiger charge is -2.14. The molecule has 0 radical (unpaired) electrons. The molecule has 0 unspecified atom stereocenters. The third-order valence-corrected chi connectivity index (χ3v) is 4.12. The lowest BCUT2D eigenvalue weighted by molar-refractivity contribution is -0.122. The molecular weight excluding hydrogens is 340 g/mol. The van der Waals surface area contributed by atoms with Crippen LogP contribution >= 0.6 is 0 Å². The molecule has 0 aliphatic rings. The highest BCUT2D eigenvalue weighted by molar-refractivity contribution is 5.94. The van der Waals surface area contributed by atoms with E-state index < -0.39 is 6.10 Å². The fourth-order valence-corrected chi connectivity index (χ4v) is 2.69. The van der Waals surface area contributed by atoms with Crippen molar-refractivity contribution in [3.05, 3.63) is 78.9 Å². The summed E-state index contributed by atoms with van der Waals surface area (Å²) in [5.74, 6) is 0.995. The zero-order valence-corrected chi connectivity index (χ0v) is 14.8. The van der Waals surface area contributed by atoms with Gasteiger partial charge in [0, 0.05) is 11.3 Å². The number of nitrogens with zero attached hydrogens (tertiary/aromatic N) is 1. The highest BCUT2D eigenvalue weighted by Crippen LogP contribution is 2.25. The first-order valence-electron chi connectivity index (χ1n) is 8.67. The molecule has 3 aromatic carbocycles. The minimum absolute atomic E-state index is 0.214. The predicted octanol–water partition coefficient (Wildman–Crippen LogP) is 4.90. The van der Waals surface area contributed by atoms with Crippen molar-refractivity contribution in [3.8, 4) is 17.2 Å². The van der Waals surface area contributed by atoms with Crippen LogP contribution in [0.2, 0.25) is 0 Å². The Morgan fingerprint density at radius 3 is 2.41 bits per heavy atom. The van der Waals surface area contributed by atoms with Crippen LogP contribution in [0, 0.1) is 0 Å². The van der Waals surface area contributed by atoms with Gasteiger partial charge in [-0.05, 0) is 55.5 Å². The van der Waals surface area contributed by atoms with Crippen molar-refractivity contribution in [1.29, 1.82) is 0 Å². The maximum Gasteiger partial charge on any atom is 0.265 e. The summed E-state index contributed by atoms with van der Waals surface area (Å²) in [5.41, 5.74) is 3.09. The summed E-state index contributed by atoms with van der Waals surface area (Å²) in [4.78, 5) is 16.8. The molecule has 0 fully saturated rings. The van der Waals surface area contributed by atoms with E-state index in [9.17, 15) is 4.79 Å². The Balaban J connectivity index is 1.43. The van der Waals surface area contributed by atoms with Gasteiger partial charge < -0.3 is 14.5 Å². The van der Waals surface area contributed by atoms with Gasteiger partial charge in [-0.3, -0.25) is 4.79 Å². The zero-order valence-electron chi connectivity index (χ0n) is 14.8. The van der Waals surface area contributed by atoms with E-state index in [1.54, 1.807) is 6.92 Å². The van der Waals surface area contributed by atoms with Crippen LogP contribution in [-0.2, 0) is 4.79 Å². The molecule has 1 aromatic heterocycles. The lowest BCUT2D eigenvalue weighted by atomic mass is 10.2. The summed E-state index contributed by atoms with van der Waals surface area (Å²) in [6, 6.07) is 24.3. The second kappa shape index (κ2) is 7.33. The van der Waals surface area contributed by atoms with Gasteiger partial charge in [0.15, 0.2) is 11.7 Å². The van der Waals surface area contributed by atoms with Crippen molar-refractivity contribution in [2.45, 2.75) is 13.0 Å². The fourth-order valence-electron chi connectivity index (χ4n) is 2.69. The highest BCUT2D eigenvalue weighted by Gasteiger charge is 2.15. The minimum Gasteiger partial charge on any atom is -0.481 e. The summed E-state index contributed by atoms with van der Waals surface area (Å²) in [5, 5.41) is 2.85. The van der Waals surface area contributed by atoms with Gasteiger partial charge in [0.2, 0.25) is 5.89 Å². The average molecular weight is 358 g/mol. The Labute approximate surface area is 156 Å². The molecule has 1 atom stereocenters. The Morgan fingerprint density at radius 1 is 0.963 bits per heavy atom. The largest absolute Gasteiger partial charge is 0.481 e. The van der Waals surface area contributed by atoms with Crippen molar-refractivity contribution >= 4 is 22.7 Å². The number of rotatable bonds is 5. The third-order valence-electron chi connectivity index (χ3n) is 4.12. The van der Waals surface area contributed by atoms with Crippen molar-refractivity contribution in [2.24, 2.45) is 0 Å². The van der Waals surface area contributed by atoms with Crippen LogP contribution in [0.15, 0.2) is 83.3 Å². The number of fused-ring (bicyclic) bond motifs is 1. The van der Waals surface area contributed by atoms with Crippen LogP contribution in [0.5, 0.6) is 5.75 Å². The molecule has 5 heteroatoms. The van der Waals surface area contributed by atoms with Gasteiger partial charge in [0.25, 0.3) is 5.91 Å². The van der Waals surface area contributed by atoms with Gasteiger partial charge in [-0.1, -0.05) is 30.3 Å². The number of hydrogen-bond acceptors (Lipinski definition) is 4. The van der Waals surface area contributed by atoms with Crippen molar-refractivity contribution in [1.82, 2.24) is 4.98 Å². The second-order valence-corrected chi connectivity index (χ2v) is 6.13. The van der Waals surface area contributed by atoms with Crippen molar-refractivity contribution in [2.75, 3.05) is 5.32 Å². The third kappa shape index (κ3) is 3.82. The predicted molar refractivity (Wildman–Crippen MR) is 105 cm³/mol. The van der Waals surface area contributed by atoms with Gasteiger partial charge in [-0.2, -0.15) is 0 Å². The maximum atomic E-state index is 12.3. The molecule has 4 rings (SSSR count). The molecule has 1 N–H and O–H groups in total. The Hall–Kier alpha value is -3.60. The van der Waals surface area contributed by atoms with E-state index in [1.165, 1.54) is 0 Å². The maximum absolute atomic E-state index is 12.3. The van der Waals surface area contributed by atoms with Crippen LogP contribution < -0.4 is 10.1 Å². The molecule has 0 saturated heterocycles. The average Bonchev–Trinajstić information content (AvgIpc) is 3.13. The lowest BCUT2D eigenvalue weighted by Crippen LogP contribution is -2.30. The summed E-state index contributed by atoms with van der Waals surface area (Å²) in [7, 11) is 0. The first kappa shape index (κ1) is 16.8. The number of nitrogens with one attached hydrogen (secondary N) is 1. The molecule has 0 saturated carbocycles. The summed E-state index contributed by atoms with van der Waals surface area (Å²) >= 11 is 0. The highest BCUT2D eigenvalue weighted by atomic mass is 16.5. The number of oxazole rings is 1. The number of aromatic nitrogens is 1. The van der Waals surface area contributed by atoms with Gasteiger partial charge in [-0.25, -0.2) is 4.98 Å². The van der Waals surface area contributed by atoms with Gasteiger partial charge in [0.05, 0.1) is 0 Å². The standard InChI is InChI=1S/C22H18N2O3/c1-15(26-18-7-3-2-4-8-18)21(25)23-17-13-11-16(12-14-17)22-24-19-9-5-6-10-20(19)27-22/h2-15H,1H3,(H,23,25)/t15-/m1/s1. The molecule has 5 nitrogen and oxygen atoms in total. The first-order chi connectivity index (χ1) is 13.2. The number of hydrogen-bond donors (Lipinski definition) is 1. The van der Waals surface area contributed by atoms with Crippen LogP contribution in [0.4, 0.5) is 5.69 Å². The van der Waals surface area contributed by atoms with Gasteiger partial charge >= 0.3 is 0 Å². The van der Waals surface area contributed by atoms with Crippen LogP contribution in [-0.4, -0.2) is 17.0 Å². The Bertz CT molecular complexity index is 1020. The second-order valence-electron chi connectivity index (χ2n) is 6.13. The molecule has 1 heterocycles. The zero-order chi connectivity index (χ0) is 18.6. The van der Waals surface area contributed by atoms with Crippen LogP contribution in [0.1, 0.15) is 6.92 Å². The number of carbonyl (C=O) groups is 1. The molecule has 0 bridgehead atoms. The number of anilines is 1. The number of ether oxygens (including phenoxy) is 1. The first-order valence-corrected chi connectivity index (χ1v) is 8.67. The van der Waals surface area contributed by atoms with Crippen molar-refractivity contribution in [3.63, 3.8) is 0 Å². The normalized spacial score (nSPS) is 11.9. The summed E-state index contributed by atoms with van der Waals surface area (Å²) in [6.07, 6.45) is -0.607. The van der Waals surface area contributed by atoms with E-state index in [0.29, 0.717) is 17.3 Å². The van der Waals surface area contributed by atoms with E-state index in [0.717, 1.165) is 16.7 Å². The van der Waals surface area contributed by atoms with Gasteiger partial charge in [-0.15, -0.1) is 0 Å². The molecule has 0 aliphatic carbocycles. The molecule has 0 aliphatic heterocycles. The fraction of sp³-hybridized carbons (Fsp3) is 0.0909.